The van der Waals surface area contributed by atoms with Crippen LogP contribution in [0.25, 0.3) is 22.7 Å². The van der Waals surface area contributed by atoms with E-state index in [2.05, 4.69) is 9.72 Å². The average molecular weight is 410 g/mol. The lowest BCUT2D eigenvalue weighted by Crippen LogP contribution is -2.04. The van der Waals surface area contributed by atoms with Gasteiger partial charge in [-0.3, -0.25) is 4.79 Å². The predicted octanol–water partition coefficient (Wildman–Crippen LogP) is 5.11. The molecule has 28 heavy (non-hydrogen) atoms. The van der Waals surface area contributed by atoms with Crippen molar-refractivity contribution in [2.75, 3.05) is 7.11 Å². The van der Waals surface area contributed by atoms with Crippen LogP contribution in [0.4, 0.5) is 8.78 Å². The fourth-order valence-corrected chi connectivity index (χ4v) is 2.85. The molecule has 0 bridgehead atoms. The number of fused-ring (bicyclic) bond motifs is 1. The first-order valence-corrected chi connectivity index (χ1v) is 8.36. The first kappa shape index (κ1) is 19.6. The molecule has 1 aromatic heterocycles. The van der Waals surface area contributed by atoms with Crippen molar-refractivity contribution < 1.29 is 32.6 Å². The molecule has 3 rings (SSSR count). The highest BCUT2D eigenvalue weighted by Crippen LogP contribution is 2.38. The first-order valence-electron chi connectivity index (χ1n) is 7.98. The van der Waals surface area contributed by atoms with Gasteiger partial charge < -0.3 is 19.0 Å². The Morgan fingerprint density at radius 2 is 2.11 bits per heavy atom. The number of oxazole rings is 1. The monoisotopic (exact) mass is 409 g/mol. The number of aliphatic carboxylic acids is 1. The van der Waals surface area contributed by atoms with Gasteiger partial charge in [0.15, 0.2) is 17.1 Å². The van der Waals surface area contributed by atoms with Crippen LogP contribution >= 0.6 is 11.6 Å². The molecule has 6 nitrogen and oxygen atoms in total. The number of benzene rings is 2. The summed E-state index contributed by atoms with van der Waals surface area (Å²) in [6.45, 7) is -3.07. The molecule has 3 aromatic rings. The van der Waals surface area contributed by atoms with Gasteiger partial charge in [0.25, 0.3) is 0 Å². The van der Waals surface area contributed by atoms with Crippen LogP contribution in [0.15, 0.2) is 40.8 Å². The van der Waals surface area contributed by atoms with Crippen molar-refractivity contribution in [2.24, 2.45) is 0 Å². The molecule has 0 saturated carbocycles. The number of carboxylic acids is 1. The van der Waals surface area contributed by atoms with Gasteiger partial charge in [-0.25, -0.2) is 4.98 Å². The lowest BCUT2D eigenvalue weighted by Gasteiger charge is -2.12. The van der Waals surface area contributed by atoms with E-state index in [1.165, 1.54) is 25.3 Å². The summed E-state index contributed by atoms with van der Waals surface area (Å²) in [5.41, 5.74) is 1.75. The van der Waals surface area contributed by atoms with Crippen LogP contribution in [0, 0.1) is 0 Å². The topological polar surface area (TPSA) is 81.8 Å². The van der Waals surface area contributed by atoms with Crippen molar-refractivity contribution in [3.63, 3.8) is 0 Å². The predicted molar refractivity (Wildman–Crippen MR) is 98.8 cm³/mol. The fourth-order valence-electron chi connectivity index (χ4n) is 2.59. The van der Waals surface area contributed by atoms with Gasteiger partial charge in [-0.05, 0) is 35.9 Å². The van der Waals surface area contributed by atoms with Crippen molar-refractivity contribution in [3.8, 4) is 11.5 Å². The number of carbonyl (C=O) groups is 1. The molecule has 1 N–H and O–H groups in total. The Balaban J connectivity index is 2.07. The third kappa shape index (κ3) is 4.40. The quantitative estimate of drug-likeness (QED) is 0.584. The molecule has 0 aliphatic rings. The molecule has 1 heterocycles. The van der Waals surface area contributed by atoms with Gasteiger partial charge in [0.1, 0.15) is 5.52 Å². The lowest BCUT2D eigenvalue weighted by atomic mass is 10.1. The summed E-state index contributed by atoms with van der Waals surface area (Å²) >= 11 is 6.03. The van der Waals surface area contributed by atoms with Gasteiger partial charge in [0, 0.05) is 5.57 Å². The first-order chi connectivity index (χ1) is 13.4. The number of halogens is 3. The second-order valence-corrected chi connectivity index (χ2v) is 6.05. The summed E-state index contributed by atoms with van der Waals surface area (Å²) in [5, 5.41) is 9.12. The van der Waals surface area contributed by atoms with E-state index in [-0.39, 0.29) is 34.4 Å². The van der Waals surface area contributed by atoms with E-state index in [1.54, 1.807) is 24.3 Å². The van der Waals surface area contributed by atoms with Gasteiger partial charge in [0.2, 0.25) is 5.89 Å². The maximum absolute atomic E-state index is 12.6. The molecule has 0 amide bonds. The zero-order valence-electron chi connectivity index (χ0n) is 14.5. The standard InChI is InChI=1S/C19H14ClF2NO5/c1-26-15-8-10(7-12(20)17(15)28-19(21)22)6-11(9-16(24)25)18-23-13-4-2-3-5-14(13)27-18/h2-8,19H,9H2,1H3,(H,24,25)/b11-6+. The summed E-state index contributed by atoms with van der Waals surface area (Å²) in [6, 6.07) is 9.74. The van der Waals surface area contributed by atoms with E-state index in [0.29, 0.717) is 16.7 Å². The highest BCUT2D eigenvalue weighted by Gasteiger charge is 2.18. The molecule has 0 radical (unpaired) electrons. The molecule has 146 valence electrons. The number of carboxylic acid groups (broad SMARTS) is 1. The minimum absolute atomic E-state index is 0.0220. The molecular formula is C19H14ClF2NO5. The summed E-state index contributed by atoms with van der Waals surface area (Å²) in [7, 11) is 1.27. The Morgan fingerprint density at radius 3 is 2.75 bits per heavy atom. The van der Waals surface area contributed by atoms with E-state index in [1.807, 2.05) is 0 Å². The highest BCUT2D eigenvalue weighted by atomic mass is 35.5. The second kappa shape index (κ2) is 8.26. The number of hydrogen-bond acceptors (Lipinski definition) is 5. The summed E-state index contributed by atoms with van der Waals surface area (Å²) in [4.78, 5) is 15.6. The third-order valence-electron chi connectivity index (χ3n) is 3.71. The zero-order chi connectivity index (χ0) is 20.3. The molecule has 2 aromatic carbocycles. The van der Waals surface area contributed by atoms with Crippen LogP contribution in [-0.4, -0.2) is 29.8 Å². The smallest absolute Gasteiger partial charge is 0.387 e. The number of para-hydroxylation sites is 2. The van der Waals surface area contributed by atoms with Gasteiger partial charge in [-0.15, -0.1) is 0 Å². The summed E-state index contributed by atoms with van der Waals surface area (Å²) in [5.74, 6) is -1.29. The number of ether oxygens (including phenoxy) is 2. The van der Waals surface area contributed by atoms with Crippen molar-refractivity contribution in [3.05, 3.63) is 52.9 Å². The van der Waals surface area contributed by atoms with E-state index >= 15 is 0 Å². The summed E-state index contributed by atoms with van der Waals surface area (Å²) < 4.78 is 40.2. The number of aromatic nitrogens is 1. The molecule has 9 heteroatoms. The number of nitrogens with zero attached hydrogens (tertiary/aromatic N) is 1. The molecule has 0 spiro atoms. The average Bonchev–Trinajstić information content (AvgIpc) is 3.06. The molecule has 0 aliphatic heterocycles. The zero-order valence-corrected chi connectivity index (χ0v) is 15.2. The van der Waals surface area contributed by atoms with Gasteiger partial charge >= 0.3 is 12.6 Å². The number of methoxy groups -OCH3 is 1. The Hall–Kier alpha value is -3.13. The molecule has 0 aliphatic carbocycles. The van der Waals surface area contributed by atoms with Crippen molar-refractivity contribution in [1.29, 1.82) is 0 Å². The molecule has 0 saturated heterocycles. The molecular weight excluding hydrogens is 396 g/mol. The van der Waals surface area contributed by atoms with E-state index in [9.17, 15) is 18.7 Å². The van der Waals surface area contributed by atoms with Gasteiger partial charge in [-0.1, -0.05) is 23.7 Å². The van der Waals surface area contributed by atoms with Crippen molar-refractivity contribution in [2.45, 2.75) is 13.0 Å². The number of alkyl halides is 2. The van der Waals surface area contributed by atoms with E-state index < -0.39 is 12.6 Å². The Morgan fingerprint density at radius 1 is 1.36 bits per heavy atom. The number of rotatable bonds is 7. The normalized spacial score (nSPS) is 11.8. The van der Waals surface area contributed by atoms with Crippen molar-refractivity contribution in [1.82, 2.24) is 4.98 Å². The van der Waals surface area contributed by atoms with Gasteiger partial charge in [-0.2, -0.15) is 8.78 Å². The van der Waals surface area contributed by atoms with Crippen LogP contribution in [0.5, 0.6) is 11.5 Å². The SMILES string of the molecule is COc1cc(/C=C(\CC(=O)O)c2nc3ccccc3o2)cc(Cl)c1OC(F)F. The fraction of sp³-hybridized carbons (Fsp3) is 0.158. The lowest BCUT2D eigenvalue weighted by molar-refractivity contribution is -0.135. The number of hydrogen-bond donors (Lipinski definition) is 1. The highest BCUT2D eigenvalue weighted by molar-refractivity contribution is 6.32. The van der Waals surface area contributed by atoms with E-state index in [0.717, 1.165) is 0 Å². The molecule has 0 unspecified atom stereocenters. The minimum atomic E-state index is -3.07. The Labute approximate surface area is 163 Å². The van der Waals surface area contributed by atoms with Crippen LogP contribution < -0.4 is 9.47 Å². The Bertz CT molecular complexity index is 1010. The summed E-state index contributed by atoms with van der Waals surface area (Å²) in [6.07, 6.45) is 1.11. The minimum Gasteiger partial charge on any atom is -0.493 e. The molecule has 0 fully saturated rings. The maximum atomic E-state index is 12.6. The van der Waals surface area contributed by atoms with E-state index in [4.69, 9.17) is 20.8 Å². The van der Waals surface area contributed by atoms with Crippen LogP contribution in [0.1, 0.15) is 17.9 Å². The van der Waals surface area contributed by atoms with Crippen LogP contribution in [-0.2, 0) is 4.79 Å². The molecule has 0 atom stereocenters. The third-order valence-corrected chi connectivity index (χ3v) is 3.99. The second-order valence-electron chi connectivity index (χ2n) is 5.64. The van der Waals surface area contributed by atoms with Gasteiger partial charge in [0.05, 0.1) is 18.6 Å². The Kier molecular flexibility index (Phi) is 5.79. The van der Waals surface area contributed by atoms with Crippen LogP contribution in [0.3, 0.4) is 0 Å². The maximum Gasteiger partial charge on any atom is 0.387 e. The van der Waals surface area contributed by atoms with Crippen molar-refractivity contribution >= 4 is 40.3 Å². The van der Waals surface area contributed by atoms with Crippen LogP contribution in [0.2, 0.25) is 5.02 Å². The largest absolute Gasteiger partial charge is 0.493 e.